The van der Waals surface area contributed by atoms with Crippen molar-refractivity contribution in [1.82, 2.24) is 9.97 Å². The van der Waals surface area contributed by atoms with Gasteiger partial charge in [-0.2, -0.15) is 0 Å². The van der Waals surface area contributed by atoms with Crippen LogP contribution < -0.4 is 0 Å². The largest absolute Gasteiger partial charge is 0.512 e. The molecule has 0 saturated heterocycles. The first-order chi connectivity index (χ1) is 24.5. The van der Waals surface area contributed by atoms with E-state index in [9.17, 15) is 9.90 Å². The molecule has 53 heavy (non-hydrogen) atoms. The first-order valence-electron chi connectivity index (χ1n) is 19.0. The van der Waals surface area contributed by atoms with Crippen molar-refractivity contribution < 1.29 is 38.8 Å². The van der Waals surface area contributed by atoms with Crippen LogP contribution in [-0.4, -0.2) is 20.9 Å². The second-order valence-corrected chi connectivity index (χ2v) is 16.4. The van der Waals surface area contributed by atoms with Gasteiger partial charge in [-0.3, -0.25) is 9.78 Å². The molecule has 0 spiro atoms. The number of ketones is 1. The maximum atomic E-state index is 12.2. The fourth-order valence-electron chi connectivity index (χ4n) is 6.95. The number of furan rings is 2. The SMILES string of the molecule is CCC(C)(CC)C(=O)/C=C(\O)C(C)(CC)CC.Cc1oc2ccc3c(oc4ncnc(-c5[c-]c6ccccc6c(C(C)(C)C)c5)c43)c2c1CC(C)C.[Ir]. The van der Waals surface area contributed by atoms with Crippen LogP contribution in [0, 0.1) is 29.7 Å². The van der Waals surface area contributed by atoms with E-state index in [0.717, 1.165) is 81.8 Å². The zero-order valence-electron chi connectivity index (χ0n) is 33.7. The third-order valence-corrected chi connectivity index (χ3v) is 11.4. The van der Waals surface area contributed by atoms with Gasteiger partial charge in [0.05, 0.1) is 5.39 Å². The molecule has 6 aromatic rings. The summed E-state index contributed by atoms with van der Waals surface area (Å²) in [7, 11) is 0. The summed E-state index contributed by atoms with van der Waals surface area (Å²) in [6, 6.07) is 18.4. The van der Waals surface area contributed by atoms with E-state index in [-0.39, 0.29) is 47.9 Å². The third kappa shape index (κ3) is 8.17. The Kier molecular flexibility index (Phi) is 12.9. The van der Waals surface area contributed by atoms with Crippen molar-refractivity contribution in [3.8, 4) is 11.3 Å². The summed E-state index contributed by atoms with van der Waals surface area (Å²) in [5, 5.41) is 15.4. The van der Waals surface area contributed by atoms with Gasteiger partial charge in [0, 0.05) is 59.0 Å². The van der Waals surface area contributed by atoms with Crippen LogP contribution in [0.4, 0.5) is 0 Å². The van der Waals surface area contributed by atoms with Gasteiger partial charge in [-0.25, -0.2) is 4.98 Å². The molecule has 0 aliphatic heterocycles. The van der Waals surface area contributed by atoms with Crippen LogP contribution in [0.25, 0.3) is 55.1 Å². The Morgan fingerprint density at radius 2 is 1.51 bits per heavy atom. The number of aryl methyl sites for hydroxylation is 1. The Bertz CT molecular complexity index is 2260. The van der Waals surface area contributed by atoms with E-state index < -0.39 is 0 Å². The van der Waals surface area contributed by atoms with Crippen LogP contribution in [0.5, 0.6) is 0 Å². The molecular formula is C46H57IrN2O4-. The van der Waals surface area contributed by atoms with Gasteiger partial charge in [0.15, 0.2) is 5.78 Å². The van der Waals surface area contributed by atoms with Gasteiger partial charge in [0.1, 0.15) is 29.0 Å². The normalized spacial score (nSPS) is 12.8. The molecule has 0 atom stereocenters. The molecule has 0 aliphatic carbocycles. The number of carbonyl (C=O) groups is 1. The van der Waals surface area contributed by atoms with Crippen LogP contribution in [0.1, 0.15) is 119 Å². The number of benzene rings is 3. The van der Waals surface area contributed by atoms with Crippen molar-refractivity contribution in [3.63, 3.8) is 0 Å². The standard InChI is InChI=1S/C31H29N2O2.C15H28O2.Ir/c1-17(2)13-23-18(3)34-25-12-11-22-27-28(32-16-33-30(27)35-29(22)26(23)25)20-14-19-9-7-8-10-21(19)24(15-20)31(4,5)6;1-7-14(5,8-2)12(16)11-13(17)15(6,9-3)10-4;/h7-12,15-17H,13H2,1-6H3;11,16H,7-10H2,1-6H3;/q-1;;/b;12-11-;. The number of hydrogen-bond donors (Lipinski definition) is 1. The van der Waals surface area contributed by atoms with Crippen molar-refractivity contribution >= 4 is 49.6 Å². The Hall–Kier alpha value is -3.80. The van der Waals surface area contributed by atoms with Gasteiger partial charge in [-0.05, 0) is 62.5 Å². The predicted molar refractivity (Wildman–Crippen MR) is 216 cm³/mol. The van der Waals surface area contributed by atoms with Crippen LogP contribution in [0.15, 0.2) is 69.5 Å². The third-order valence-electron chi connectivity index (χ3n) is 11.4. The molecule has 0 saturated carbocycles. The molecule has 1 N–H and O–H groups in total. The first kappa shape index (κ1) is 41.9. The average Bonchev–Trinajstić information content (AvgIpc) is 3.66. The van der Waals surface area contributed by atoms with E-state index in [4.69, 9.17) is 13.8 Å². The molecule has 6 nitrogen and oxygen atoms in total. The van der Waals surface area contributed by atoms with Crippen LogP contribution in [0.3, 0.4) is 0 Å². The van der Waals surface area contributed by atoms with E-state index >= 15 is 0 Å². The van der Waals surface area contributed by atoms with Crippen molar-refractivity contribution in [2.45, 2.75) is 121 Å². The Morgan fingerprint density at radius 3 is 2.11 bits per heavy atom. The molecule has 3 heterocycles. The summed E-state index contributed by atoms with van der Waals surface area (Å²) in [6.07, 6.45) is 7.28. The molecule has 285 valence electrons. The van der Waals surface area contributed by atoms with Crippen molar-refractivity contribution in [2.75, 3.05) is 0 Å². The molecular weight excluding hydrogens is 837 g/mol. The molecule has 0 aliphatic rings. The van der Waals surface area contributed by atoms with Crippen LogP contribution >= 0.6 is 0 Å². The maximum absolute atomic E-state index is 12.2. The number of rotatable bonds is 10. The molecule has 3 aromatic heterocycles. The summed E-state index contributed by atoms with van der Waals surface area (Å²) >= 11 is 0. The minimum absolute atomic E-state index is 0. The minimum Gasteiger partial charge on any atom is -0.512 e. The fraction of sp³-hybridized carbons (Fsp3) is 0.457. The first-order valence-corrected chi connectivity index (χ1v) is 19.0. The van der Waals surface area contributed by atoms with Crippen LogP contribution in [0.2, 0.25) is 0 Å². The Labute approximate surface area is 329 Å². The van der Waals surface area contributed by atoms with Crippen molar-refractivity contribution in [3.05, 3.63) is 83.6 Å². The second kappa shape index (κ2) is 16.3. The summed E-state index contributed by atoms with van der Waals surface area (Å²) in [4.78, 5) is 21.5. The molecule has 0 amide bonds. The number of nitrogens with zero attached hydrogens (tertiary/aromatic N) is 2. The topological polar surface area (TPSA) is 89.4 Å². The van der Waals surface area contributed by atoms with Gasteiger partial charge in [0.2, 0.25) is 5.71 Å². The second-order valence-electron chi connectivity index (χ2n) is 16.4. The molecule has 1 radical (unpaired) electrons. The van der Waals surface area contributed by atoms with Gasteiger partial charge in [0.25, 0.3) is 0 Å². The number of hydrogen-bond acceptors (Lipinski definition) is 6. The van der Waals surface area contributed by atoms with Gasteiger partial charge >= 0.3 is 0 Å². The zero-order chi connectivity index (χ0) is 38.2. The summed E-state index contributed by atoms with van der Waals surface area (Å²) < 4.78 is 12.5. The van der Waals surface area contributed by atoms with Crippen molar-refractivity contribution in [1.29, 1.82) is 0 Å². The number of allylic oxidation sites excluding steroid dienone is 2. The summed E-state index contributed by atoms with van der Waals surface area (Å²) in [5.74, 6) is 1.74. The van der Waals surface area contributed by atoms with Gasteiger partial charge in [-0.1, -0.05) is 105 Å². The molecule has 6 rings (SSSR count). The minimum atomic E-state index is -0.337. The van der Waals surface area contributed by atoms with Gasteiger partial charge in [-0.15, -0.1) is 29.1 Å². The number of carbonyl (C=O) groups excluding carboxylic acids is 1. The molecule has 0 fully saturated rings. The Morgan fingerprint density at radius 1 is 0.868 bits per heavy atom. The van der Waals surface area contributed by atoms with E-state index in [0.29, 0.717) is 11.6 Å². The number of aliphatic hydroxyl groups is 1. The van der Waals surface area contributed by atoms with Gasteiger partial charge < -0.3 is 13.9 Å². The van der Waals surface area contributed by atoms with Crippen LogP contribution in [-0.2, 0) is 36.7 Å². The molecule has 0 unspecified atom stereocenters. The molecule has 0 bridgehead atoms. The Balaban J connectivity index is 0.000000299. The average molecular weight is 894 g/mol. The molecule has 3 aromatic carbocycles. The maximum Gasteiger partial charge on any atom is 0.223 e. The monoisotopic (exact) mass is 894 g/mol. The van der Waals surface area contributed by atoms with E-state index in [1.165, 1.54) is 22.6 Å². The number of aliphatic hydroxyl groups excluding tert-OH is 1. The van der Waals surface area contributed by atoms with E-state index in [1.807, 2.05) is 54.5 Å². The van der Waals surface area contributed by atoms with E-state index in [1.54, 1.807) is 6.33 Å². The smallest absolute Gasteiger partial charge is 0.223 e. The molecule has 7 heteroatoms. The summed E-state index contributed by atoms with van der Waals surface area (Å²) in [5.41, 5.74) is 5.91. The van der Waals surface area contributed by atoms with E-state index in [2.05, 4.69) is 82.1 Å². The quantitative estimate of drug-likeness (QED) is 0.0837. The fourth-order valence-corrected chi connectivity index (χ4v) is 6.95. The van der Waals surface area contributed by atoms with Crippen molar-refractivity contribution in [2.24, 2.45) is 16.7 Å². The number of fused-ring (bicyclic) bond motifs is 6. The number of aromatic nitrogens is 2. The summed E-state index contributed by atoms with van der Waals surface area (Å²) in [6.45, 7) is 25.3. The predicted octanol–water partition coefficient (Wildman–Crippen LogP) is 13.2. The zero-order valence-corrected chi connectivity index (χ0v) is 36.1.